The van der Waals surface area contributed by atoms with Crippen molar-refractivity contribution >= 4 is 33.2 Å². The second-order valence-electron chi connectivity index (χ2n) is 5.75. The van der Waals surface area contributed by atoms with Gasteiger partial charge in [-0.05, 0) is 30.2 Å². The van der Waals surface area contributed by atoms with Gasteiger partial charge in [0, 0.05) is 18.2 Å². The number of methoxy groups -OCH3 is 2. The van der Waals surface area contributed by atoms with Gasteiger partial charge < -0.3 is 14.8 Å². The molecular weight excluding hydrogens is 392 g/mol. The van der Waals surface area contributed by atoms with Gasteiger partial charge in [-0.1, -0.05) is 23.7 Å². The van der Waals surface area contributed by atoms with Crippen LogP contribution in [0.3, 0.4) is 0 Å². The average Bonchev–Trinajstić information content (AvgIpc) is 2.61. The molecule has 0 aliphatic carbocycles. The van der Waals surface area contributed by atoms with Crippen molar-refractivity contribution in [2.24, 2.45) is 0 Å². The van der Waals surface area contributed by atoms with Gasteiger partial charge in [-0.15, -0.1) is 0 Å². The van der Waals surface area contributed by atoms with Gasteiger partial charge >= 0.3 is 0 Å². The molecule has 2 aromatic carbocycles. The fraction of sp³-hybridized carbons (Fsp3) is 0.278. The molecule has 0 bridgehead atoms. The molecule has 2 N–H and O–H groups in total. The van der Waals surface area contributed by atoms with Gasteiger partial charge in [0.05, 0.1) is 31.2 Å². The molecule has 146 valence electrons. The fourth-order valence-corrected chi connectivity index (χ4v) is 3.07. The van der Waals surface area contributed by atoms with Gasteiger partial charge in [0.2, 0.25) is 10.0 Å². The number of hydrogen-bond donors (Lipinski definition) is 2. The van der Waals surface area contributed by atoms with E-state index >= 15 is 0 Å². The van der Waals surface area contributed by atoms with E-state index in [0.717, 1.165) is 11.8 Å². The molecule has 9 heteroatoms. The van der Waals surface area contributed by atoms with Crippen LogP contribution in [0.2, 0.25) is 5.02 Å². The summed E-state index contributed by atoms with van der Waals surface area (Å²) in [4.78, 5) is 12.5. The lowest BCUT2D eigenvalue weighted by molar-refractivity contribution is 0.102. The normalized spacial score (nSPS) is 11.1. The number of rotatable bonds is 8. The first-order valence-corrected chi connectivity index (χ1v) is 10.3. The molecular formula is C18H21ClN2O5S. The Labute approximate surface area is 163 Å². The summed E-state index contributed by atoms with van der Waals surface area (Å²) in [5.74, 6) is 0.544. The Morgan fingerprint density at radius 2 is 1.70 bits per heavy atom. The number of carbonyl (C=O) groups excluding carboxylic acids is 1. The lowest BCUT2D eigenvalue weighted by Gasteiger charge is -2.13. The van der Waals surface area contributed by atoms with Gasteiger partial charge in [0.1, 0.15) is 11.5 Å². The summed E-state index contributed by atoms with van der Waals surface area (Å²) in [7, 11) is -0.236. The van der Waals surface area contributed by atoms with Gasteiger partial charge in [-0.25, -0.2) is 13.1 Å². The molecule has 0 aliphatic rings. The van der Waals surface area contributed by atoms with Crippen molar-refractivity contribution in [3.63, 3.8) is 0 Å². The van der Waals surface area contributed by atoms with Crippen LogP contribution < -0.4 is 19.5 Å². The zero-order valence-electron chi connectivity index (χ0n) is 15.2. The van der Waals surface area contributed by atoms with Gasteiger partial charge in [-0.3, -0.25) is 4.79 Å². The first-order valence-electron chi connectivity index (χ1n) is 8.00. The number of hydrogen-bond acceptors (Lipinski definition) is 5. The summed E-state index contributed by atoms with van der Waals surface area (Å²) in [6, 6.07) is 10.0. The summed E-state index contributed by atoms with van der Waals surface area (Å²) in [6.07, 6.45) is 1.64. The van der Waals surface area contributed by atoms with Crippen molar-refractivity contribution in [2.75, 3.05) is 32.3 Å². The topological polar surface area (TPSA) is 93.7 Å². The smallest absolute Gasteiger partial charge is 0.255 e. The number of ether oxygens (including phenoxy) is 2. The van der Waals surface area contributed by atoms with Crippen LogP contribution in [-0.4, -0.2) is 41.3 Å². The summed E-state index contributed by atoms with van der Waals surface area (Å²) < 4.78 is 34.9. The Morgan fingerprint density at radius 3 is 2.26 bits per heavy atom. The van der Waals surface area contributed by atoms with Crippen molar-refractivity contribution < 1.29 is 22.7 Å². The van der Waals surface area contributed by atoms with Crippen LogP contribution in [0.4, 0.5) is 5.69 Å². The quantitative estimate of drug-likeness (QED) is 0.695. The molecule has 2 aromatic rings. The highest BCUT2D eigenvalue weighted by atomic mass is 35.5. The van der Waals surface area contributed by atoms with E-state index in [1.54, 1.807) is 36.4 Å². The Hall–Kier alpha value is -2.29. The number of benzene rings is 2. The number of nitrogens with one attached hydrogen (secondary N) is 2. The van der Waals surface area contributed by atoms with Gasteiger partial charge in [0.15, 0.2) is 0 Å². The third kappa shape index (κ3) is 6.13. The van der Waals surface area contributed by atoms with Crippen LogP contribution >= 0.6 is 11.6 Å². The predicted octanol–water partition coefficient (Wildman–Crippen LogP) is 2.70. The average molecular weight is 413 g/mol. The molecule has 0 spiro atoms. The van der Waals surface area contributed by atoms with E-state index in [9.17, 15) is 13.2 Å². The minimum absolute atomic E-state index is 0.298. The van der Waals surface area contributed by atoms with E-state index in [1.807, 2.05) is 0 Å². The van der Waals surface area contributed by atoms with Crippen molar-refractivity contribution in [1.82, 2.24) is 4.72 Å². The highest BCUT2D eigenvalue weighted by Crippen LogP contribution is 2.36. The Morgan fingerprint density at radius 1 is 1.07 bits per heavy atom. The van der Waals surface area contributed by atoms with Crippen molar-refractivity contribution in [3.8, 4) is 11.5 Å². The number of sulfonamides is 1. The standard InChI is InChI=1S/C18H21ClN2O5S/c1-25-16-11-17(26-2)15(10-14(16)19)21-18(22)13-6-4-12(5-7-13)8-9-20-27(3,23)24/h4-7,10-11,20H,8-9H2,1-3H3,(H,21,22). The molecule has 0 saturated heterocycles. The van der Waals surface area contributed by atoms with E-state index in [4.69, 9.17) is 21.1 Å². The van der Waals surface area contributed by atoms with Gasteiger partial charge in [0.25, 0.3) is 5.91 Å². The molecule has 0 radical (unpaired) electrons. The zero-order valence-corrected chi connectivity index (χ0v) is 16.8. The number of carbonyl (C=O) groups is 1. The minimum Gasteiger partial charge on any atom is -0.495 e. The summed E-state index contributed by atoms with van der Waals surface area (Å²) >= 11 is 6.11. The monoisotopic (exact) mass is 412 g/mol. The zero-order chi connectivity index (χ0) is 20.0. The van der Waals surface area contributed by atoms with Crippen molar-refractivity contribution in [2.45, 2.75) is 6.42 Å². The molecule has 0 aliphatic heterocycles. The first-order chi connectivity index (χ1) is 12.7. The second-order valence-corrected chi connectivity index (χ2v) is 7.99. The van der Waals surface area contributed by atoms with E-state index in [0.29, 0.717) is 40.7 Å². The largest absolute Gasteiger partial charge is 0.495 e. The number of anilines is 1. The third-order valence-corrected chi connectivity index (χ3v) is 4.74. The lowest BCUT2D eigenvalue weighted by Crippen LogP contribution is -2.24. The maximum atomic E-state index is 12.5. The maximum absolute atomic E-state index is 12.5. The van der Waals surface area contributed by atoms with Crippen LogP contribution in [0.5, 0.6) is 11.5 Å². The first kappa shape index (κ1) is 21.0. The minimum atomic E-state index is -3.21. The molecule has 0 saturated carbocycles. The van der Waals surface area contributed by atoms with Crippen LogP contribution in [-0.2, 0) is 16.4 Å². The van der Waals surface area contributed by atoms with E-state index in [-0.39, 0.29) is 5.91 Å². The van der Waals surface area contributed by atoms with E-state index in [2.05, 4.69) is 10.0 Å². The Balaban J connectivity index is 2.07. The molecule has 2 rings (SSSR count). The fourth-order valence-electron chi connectivity index (χ4n) is 2.36. The van der Waals surface area contributed by atoms with Crippen molar-refractivity contribution in [3.05, 3.63) is 52.5 Å². The second kappa shape index (κ2) is 9.07. The molecule has 1 amide bonds. The van der Waals surface area contributed by atoms with E-state index < -0.39 is 10.0 Å². The molecule has 0 atom stereocenters. The van der Waals surface area contributed by atoms with Crippen LogP contribution in [0.1, 0.15) is 15.9 Å². The Kier molecular flexibility index (Phi) is 7.06. The molecule has 7 nitrogen and oxygen atoms in total. The molecule has 0 unspecified atom stereocenters. The van der Waals surface area contributed by atoms with Crippen molar-refractivity contribution in [1.29, 1.82) is 0 Å². The van der Waals surface area contributed by atoms with Crippen LogP contribution in [0.15, 0.2) is 36.4 Å². The molecule has 0 aromatic heterocycles. The number of amides is 1. The predicted molar refractivity (Wildman–Crippen MR) is 106 cm³/mol. The van der Waals surface area contributed by atoms with Crippen LogP contribution in [0.25, 0.3) is 0 Å². The molecule has 0 heterocycles. The van der Waals surface area contributed by atoms with Crippen LogP contribution in [0, 0.1) is 0 Å². The summed E-state index contributed by atoms with van der Waals surface area (Å²) in [5.41, 5.74) is 1.78. The molecule has 27 heavy (non-hydrogen) atoms. The van der Waals surface area contributed by atoms with Gasteiger partial charge in [-0.2, -0.15) is 0 Å². The Bertz CT molecular complexity index is 914. The highest BCUT2D eigenvalue weighted by Gasteiger charge is 2.14. The van der Waals surface area contributed by atoms with E-state index in [1.165, 1.54) is 14.2 Å². The highest BCUT2D eigenvalue weighted by molar-refractivity contribution is 7.88. The number of halogens is 1. The molecule has 0 fully saturated rings. The third-order valence-electron chi connectivity index (χ3n) is 3.72. The summed E-state index contributed by atoms with van der Waals surface area (Å²) in [5, 5.41) is 3.11. The maximum Gasteiger partial charge on any atom is 0.255 e. The summed E-state index contributed by atoms with van der Waals surface area (Å²) in [6.45, 7) is 0.298. The lowest BCUT2D eigenvalue weighted by atomic mass is 10.1. The SMILES string of the molecule is COc1cc(OC)c(NC(=O)c2ccc(CCNS(C)(=O)=O)cc2)cc1Cl.